The van der Waals surface area contributed by atoms with Crippen molar-refractivity contribution in [3.8, 4) is 0 Å². The Morgan fingerprint density at radius 3 is 2.79 bits per heavy atom. The smallest absolute Gasteiger partial charge is 0.358 e. The summed E-state index contributed by atoms with van der Waals surface area (Å²) in [7, 11) is 0. The fraction of sp³-hybridized carbons (Fsp3) is 0.444. The first-order chi connectivity index (χ1) is 8.99. The maximum atomic E-state index is 11.4. The number of carboxylic acid groups (broad SMARTS) is 1. The third-order valence-corrected chi connectivity index (χ3v) is 1.88. The first-order valence-electron chi connectivity index (χ1n) is 5.25. The Bertz CT molecular complexity index is 471. The number of hydrogen-bond donors (Lipinski definition) is 3. The third-order valence-electron chi connectivity index (χ3n) is 1.88. The molecule has 0 bridgehead atoms. The third kappa shape index (κ3) is 5.59. The Balaban J connectivity index is 2.23. The molecule has 0 aliphatic rings. The molecule has 0 saturated carbocycles. The number of hydrogen-bond acceptors (Lipinski definition) is 6. The van der Waals surface area contributed by atoms with Gasteiger partial charge in [-0.1, -0.05) is 5.21 Å². The van der Waals surface area contributed by atoms with Gasteiger partial charge in [0.05, 0.1) is 12.8 Å². The highest BCUT2D eigenvalue weighted by atomic mass is 16.5. The second kappa shape index (κ2) is 7.06. The second-order valence-electron chi connectivity index (χ2n) is 3.48. The summed E-state index contributed by atoms with van der Waals surface area (Å²) in [6, 6.07) is 0. The standard InChI is InChI=1S/C9H13N5O5/c10-7(15)5-19-2-1-11-8(16)4-14-3-6(9(17)18)12-13-14/h3H,1-2,4-5H2,(H2,10,15)(H,11,16)(H,17,18). The fourth-order valence-corrected chi connectivity index (χ4v) is 1.11. The van der Waals surface area contributed by atoms with Crippen molar-refractivity contribution in [2.45, 2.75) is 6.54 Å². The summed E-state index contributed by atoms with van der Waals surface area (Å²) < 4.78 is 5.93. The lowest BCUT2D eigenvalue weighted by Gasteiger charge is -2.04. The van der Waals surface area contributed by atoms with E-state index in [9.17, 15) is 14.4 Å². The van der Waals surface area contributed by atoms with Gasteiger partial charge in [0.1, 0.15) is 13.2 Å². The molecule has 0 aliphatic carbocycles. The molecule has 10 heteroatoms. The number of carbonyl (C=O) groups is 3. The molecule has 0 radical (unpaired) electrons. The van der Waals surface area contributed by atoms with Crippen molar-refractivity contribution >= 4 is 17.8 Å². The van der Waals surface area contributed by atoms with Crippen molar-refractivity contribution in [3.63, 3.8) is 0 Å². The molecule has 0 unspecified atom stereocenters. The SMILES string of the molecule is NC(=O)COCCNC(=O)Cn1cc(C(=O)O)nn1. The van der Waals surface area contributed by atoms with Gasteiger partial charge in [-0.05, 0) is 0 Å². The molecule has 2 amide bonds. The molecule has 0 spiro atoms. The number of primary amides is 1. The summed E-state index contributed by atoms with van der Waals surface area (Å²) in [6.45, 7) is -0.0178. The van der Waals surface area contributed by atoms with Gasteiger partial charge in [0.2, 0.25) is 11.8 Å². The van der Waals surface area contributed by atoms with Crippen LogP contribution in [0.5, 0.6) is 0 Å². The van der Waals surface area contributed by atoms with Gasteiger partial charge >= 0.3 is 5.97 Å². The molecular weight excluding hydrogens is 258 g/mol. The van der Waals surface area contributed by atoms with E-state index in [2.05, 4.69) is 15.6 Å². The van der Waals surface area contributed by atoms with E-state index < -0.39 is 11.9 Å². The summed E-state index contributed by atoms with van der Waals surface area (Å²) in [5, 5.41) is 17.9. The number of ether oxygens (including phenoxy) is 1. The van der Waals surface area contributed by atoms with E-state index in [1.807, 2.05) is 0 Å². The molecule has 104 valence electrons. The molecule has 1 aromatic rings. The van der Waals surface area contributed by atoms with Crippen LogP contribution in [0, 0.1) is 0 Å². The number of carbonyl (C=O) groups excluding carboxylic acids is 2. The minimum Gasteiger partial charge on any atom is -0.476 e. The summed E-state index contributed by atoms with van der Waals surface area (Å²) in [4.78, 5) is 32.3. The van der Waals surface area contributed by atoms with Crippen LogP contribution in [0.1, 0.15) is 10.5 Å². The van der Waals surface area contributed by atoms with E-state index in [-0.39, 0.29) is 37.9 Å². The Morgan fingerprint density at radius 2 is 2.21 bits per heavy atom. The van der Waals surface area contributed by atoms with E-state index in [4.69, 9.17) is 15.6 Å². The average molecular weight is 271 g/mol. The predicted molar refractivity (Wildman–Crippen MR) is 60.0 cm³/mol. The zero-order valence-electron chi connectivity index (χ0n) is 9.90. The number of aromatic carboxylic acids is 1. The van der Waals surface area contributed by atoms with Gasteiger partial charge < -0.3 is 20.9 Å². The highest BCUT2D eigenvalue weighted by Gasteiger charge is 2.10. The Labute approximate surface area is 107 Å². The summed E-state index contributed by atoms with van der Waals surface area (Å²) in [6.07, 6.45) is 1.14. The van der Waals surface area contributed by atoms with Crippen LogP contribution < -0.4 is 11.1 Å². The maximum absolute atomic E-state index is 11.4. The fourth-order valence-electron chi connectivity index (χ4n) is 1.11. The van der Waals surface area contributed by atoms with Crippen LogP contribution >= 0.6 is 0 Å². The van der Waals surface area contributed by atoms with Crippen molar-refractivity contribution in [1.82, 2.24) is 20.3 Å². The largest absolute Gasteiger partial charge is 0.476 e. The molecule has 0 aliphatic heterocycles. The Kier molecular flexibility index (Phi) is 5.41. The summed E-state index contributed by atoms with van der Waals surface area (Å²) >= 11 is 0. The second-order valence-corrected chi connectivity index (χ2v) is 3.48. The van der Waals surface area contributed by atoms with Gasteiger partial charge in [-0.2, -0.15) is 0 Å². The van der Waals surface area contributed by atoms with Gasteiger partial charge in [0.15, 0.2) is 5.69 Å². The molecule has 19 heavy (non-hydrogen) atoms. The van der Waals surface area contributed by atoms with Crippen molar-refractivity contribution in [2.24, 2.45) is 5.73 Å². The predicted octanol–water partition coefficient (Wildman–Crippen LogP) is -2.41. The van der Waals surface area contributed by atoms with Crippen molar-refractivity contribution in [3.05, 3.63) is 11.9 Å². The van der Waals surface area contributed by atoms with E-state index in [1.54, 1.807) is 0 Å². The zero-order valence-corrected chi connectivity index (χ0v) is 9.90. The lowest BCUT2D eigenvalue weighted by Crippen LogP contribution is -2.31. The molecule has 1 aromatic heterocycles. The summed E-state index contributed by atoms with van der Waals surface area (Å²) in [5.41, 5.74) is 4.61. The molecule has 0 atom stereocenters. The number of nitrogens with zero attached hydrogens (tertiary/aromatic N) is 3. The van der Waals surface area contributed by atoms with E-state index in [1.165, 1.54) is 0 Å². The van der Waals surface area contributed by atoms with Crippen LogP contribution in [0.2, 0.25) is 0 Å². The molecule has 0 fully saturated rings. The minimum atomic E-state index is -1.22. The number of rotatable bonds is 8. The molecular formula is C9H13N5O5. The highest BCUT2D eigenvalue weighted by Crippen LogP contribution is 1.92. The van der Waals surface area contributed by atoms with E-state index in [0.717, 1.165) is 10.9 Å². The van der Waals surface area contributed by atoms with Crippen LogP contribution in [0.25, 0.3) is 0 Å². The lowest BCUT2D eigenvalue weighted by molar-refractivity contribution is -0.123. The van der Waals surface area contributed by atoms with Gasteiger partial charge in [0, 0.05) is 6.54 Å². The highest BCUT2D eigenvalue weighted by molar-refractivity contribution is 5.84. The number of amides is 2. The quantitative estimate of drug-likeness (QED) is 0.446. The Morgan fingerprint density at radius 1 is 1.47 bits per heavy atom. The number of aromatic nitrogens is 3. The molecule has 0 aromatic carbocycles. The average Bonchev–Trinajstić information content (AvgIpc) is 2.76. The molecule has 4 N–H and O–H groups in total. The van der Waals surface area contributed by atoms with Crippen LogP contribution in [-0.2, 0) is 20.9 Å². The molecule has 10 nitrogen and oxygen atoms in total. The van der Waals surface area contributed by atoms with Crippen molar-refractivity contribution < 1.29 is 24.2 Å². The normalized spacial score (nSPS) is 10.1. The number of carboxylic acids is 1. The summed E-state index contributed by atoms with van der Waals surface area (Å²) in [5.74, 6) is -2.19. The lowest BCUT2D eigenvalue weighted by atomic mass is 10.5. The molecule has 0 saturated heterocycles. The monoisotopic (exact) mass is 271 g/mol. The van der Waals surface area contributed by atoms with E-state index in [0.29, 0.717) is 0 Å². The maximum Gasteiger partial charge on any atom is 0.358 e. The minimum absolute atomic E-state index is 0.145. The first kappa shape index (κ1) is 14.6. The van der Waals surface area contributed by atoms with Gasteiger partial charge in [-0.25, -0.2) is 9.48 Å². The zero-order chi connectivity index (χ0) is 14.3. The first-order valence-corrected chi connectivity index (χ1v) is 5.25. The number of nitrogens with one attached hydrogen (secondary N) is 1. The van der Waals surface area contributed by atoms with Crippen molar-refractivity contribution in [1.29, 1.82) is 0 Å². The topological polar surface area (TPSA) is 149 Å². The van der Waals surface area contributed by atoms with Crippen LogP contribution in [-0.4, -0.2) is 57.6 Å². The van der Waals surface area contributed by atoms with Gasteiger partial charge in [0.25, 0.3) is 0 Å². The van der Waals surface area contributed by atoms with Crippen LogP contribution in [0.4, 0.5) is 0 Å². The Hall–Kier alpha value is -2.49. The van der Waals surface area contributed by atoms with E-state index >= 15 is 0 Å². The number of nitrogens with two attached hydrogens (primary N) is 1. The van der Waals surface area contributed by atoms with Crippen LogP contribution in [0.15, 0.2) is 6.20 Å². The molecule has 1 heterocycles. The molecule has 1 rings (SSSR count). The van der Waals surface area contributed by atoms with Gasteiger partial charge in [-0.3, -0.25) is 9.59 Å². The van der Waals surface area contributed by atoms with Gasteiger partial charge in [-0.15, -0.1) is 5.10 Å². The van der Waals surface area contributed by atoms with Crippen molar-refractivity contribution in [2.75, 3.05) is 19.8 Å². The van der Waals surface area contributed by atoms with Crippen LogP contribution in [0.3, 0.4) is 0 Å².